The second-order valence-corrected chi connectivity index (χ2v) is 4.60. The fourth-order valence-corrected chi connectivity index (χ4v) is 2.21. The first-order valence-electron chi connectivity index (χ1n) is 5.88. The van der Waals surface area contributed by atoms with Crippen molar-refractivity contribution < 1.29 is 14.2 Å². The van der Waals surface area contributed by atoms with E-state index in [4.69, 9.17) is 4.74 Å². The van der Waals surface area contributed by atoms with Crippen molar-refractivity contribution in [1.82, 2.24) is 0 Å². The van der Waals surface area contributed by atoms with Gasteiger partial charge in [0.05, 0.1) is 18.9 Å². The van der Waals surface area contributed by atoms with Crippen LogP contribution >= 0.6 is 0 Å². The summed E-state index contributed by atoms with van der Waals surface area (Å²) in [6, 6.07) is 4.74. The fraction of sp³-hybridized carbons (Fsp3) is 0.538. The number of rotatable bonds is 2. The van der Waals surface area contributed by atoms with Gasteiger partial charge in [0.1, 0.15) is 11.6 Å². The minimum absolute atomic E-state index is 0.161. The highest BCUT2D eigenvalue weighted by Gasteiger charge is 2.25. The van der Waals surface area contributed by atoms with E-state index in [0.29, 0.717) is 30.9 Å². The summed E-state index contributed by atoms with van der Waals surface area (Å²) in [6.45, 7) is 3.33. The molecule has 94 valence electrons. The Morgan fingerprint density at radius 3 is 2.88 bits per heavy atom. The molecular formula is C13H18FNO2. The third-order valence-corrected chi connectivity index (χ3v) is 3.35. The van der Waals surface area contributed by atoms with Crippen LogP contribution in [0, 0.1) is 11.7 Å². The molecule has 4 heteroatoms. The van der Waals surface area contributed by atoms with Crippen LogP contribution in [0.1, 0.15) is 13.3 Å². The zero-order chi connectivity index (χ0) is 12.4. The van der Waals surface area contributed by atoms with Gasteiger partial charge in [0, 0.05) is 19.2 Å². The summed E-state index contributed by atoms with van der Waals surface area (Å²) in [7, 11) is 1.57. The van der Waals surface area contributed by atoms with Gasteiger partial charge in [0.15, 0.2) is 0 Å². The first-order chi connectivity index (χ1) is 8.11. The predicted molar refractivity (Wildman–Crippen MR) is 65.0 cm³/mol. The monoisotopic (exact) mass is 239 g/mol. The number of ether oxygens (including phenoxy) is 1. The van der Waals surface area contributed by atoms with E-state index in [9.17, 15) is 9.50 Å². The van der Waals surface area contributed by atoms with Crippen LogP contribution in [0.3, 0.4) is 0 Å². The fourth-order valence-electron chi connectivity index (χ4n) is 2.21. The standard InChI is InChI=1S/C13H18FNO2/c1-9-8-15(6-5-13(9)16)12-7-10(17-2)3-4-11(12)14/h3-4,7,9,13,16H,5-6,8H2,1-2H3. The van der Waals surface area contributed by atoms with E-state index in [1.54, 1.807) is 19.2 Å². The molecule has 1 aromatic carbocycles. The summed E-state index contributed by atoms with van der Waals surface area (Å²) in [5.41, 5.74) is 0.558. The van der Waals surface area contributed by atoms with Crippen LogP contribution in [0.4, 0.5) is 10.1 Å². The second kappa shape index (κ2) is 4.92. The smallest absolute Gasteiger partial charge is 0.146 e. The number of benzene rings is 1. The zero-order valence-electron chi connectivity index (χ0n) is 10.2. The first kappa shape index (κ1) is 12.2. The van der Waals surface area contributed by atoms with Crippen LogP contribution in [-0.2, 0) is 0 Å². The Bertz CT molecular complexity index is 397. The Morgan fingerprint density at radius 2 is 2.24 bits per heavy atom. The minimum Gasteiger partial charge on any atom is -0.497 e. The van der Waals surface area contributed by atoms with Crippen molar-refractivity contribution in [1.29, 1.82) is 0 Å². The summed E-state index contributed by atoms with van der Waals surface area (Å²) in [6.07, 6.45) is 0.401. The molecular weight excluding hydrogens is 221 g/mol. The lowest BCUT2D eigenvalue weighted by molar-refractivity contribution is 0.0969. The van der Waals surface area contributed by atoms with Crippen LogP contribution in [-0.4, -0.2) is 31.4 Å². The molecule has 1 heterocycles. The van der Waals surface area contributed by atoms with Gasteiger partial charge in [-0.05, 0) is 24.5 Å². The third-order valence-electron chi connectivity index (χ3n) is 3.35. The topological polar surface area (TPSA) is 32.7 Å². The maximum Gasteiger partial charge on any atom is 0.146 e. The van der Waals surface area contributed by atoms with Crippen LogP contribution in [0.5, 0.6) is 5.75 Å². The highest BCUT2D eigenvalue weighted by molar-refractivity contribution is 5.52. The number of hydrogen-bond donors (Lipinski definition) is 1. The average Bonchev–Trinajstić information content (AvgIpc) is 2.33. The molecule has 1 aliphatic rings. The molecule has 1 fully saturated rings. The maximum atomic E-state index is 13.8. The number of methoxy groups -OCH3 is 1. The molecule has 1 aromatic rings. The van der Waals surface area contributed by atoms with Gasteiger partial charge in [-0.2, -0.15) is 0 Å². The van der Waals surface area contributed by atoms with Crippen molar-refractivity contribution in [3.63, 3.8) is 0 Å². The van der Waals surface area contributed by atoms with Crippen molar-refractivity contribution in [3.05, 3.63) is 24.0 Å². The van der Waals surface area contributed by atoms with Crippen molar-refractivity contribution in [3.8, 4) is 5.75 Å². The number of hydrogen-bond acceptors (Lipinski definition) is 3. The third kappa shape index (κ3) is 2.52. The molecule has 0 radical (unpaired) electrons. The number of aliphatic hydroxyl groups excluding tert-OH is 1. The Balaban J connectivity index is 2.21. The molecule has 2 rings (SSSR count). The lowest BCUT2D eigenvalue weighted by Gasteiger charge is -2.36. The maximum absolute atomic E-state index is 13.8. The predicted octanol–water partition coefficient (Wildman–Crippen LogP) is 2.04. The molecule has 0 bridgehead atoms. The summed E-state index contributed by atoms with van der Waals surface area (Å²) >= 11 is 0. The van der Waals surface area contributed by atoms with Crippen molar-refractivity contribution >= 4 is 5.69 Å². The Kier molecular flexibility index (Phi) is 3.52. The van der Waals surface area contributed by atoms with E-state index < -0.39 is 0 Å². The molecule has 0 aliphatic carbocycles. The van der Waals surface area contributed by atoms with Crippen LogP contribution in [0.2, 0.25) is 0 Å². The number of halogens is 1. The van der Waals surface area contributed by atoms with Gasteiger partial charge < -0.3 is 14.7 Å². The Hall–Kier alpha value is -1.29. The normalized spacial score (nSPS) is 24.8. The lowest BCUT2D eigenvalue weighted by Crippen LogP contribution is -2.42. The van der Waals surface area contributed by atoms with Gasteiger partial charge in [-0.25, -0.2) is 4.39 Å². The first-order valence-corrected chi connectivity index (χ1v) is 5.88. The molecule has 0 amide bonds. The van der Waals surface area contributed by atoms with E-state index in [-0.39, 0.29) is 17.8 Å². The number of anilines is 1. The average molecular weight is 239 g/mol. The summed E-state index contributed by atoms with van der Waals surface area (Å²) < 4.78 is 18.9. The van der Waals surface area contributed by atoms with E-state index >= 15 is 0 Å². The van der Waals surface area contributed by atoms with Gasteiger partial charge in [-0.15, -0.1) is 0 Å². The van der Waals surface area contributed by atoms with E-state index in [2.05, 4.69) is 0 Å². The summed E-state index contributed by atoms with van der Waals surface area (Å²) in [5, 5.41) is 9.67. The van der Waals surface area contributed by atoms with Crippen LogP contribution < -0.4 is 9.64 Å². The van der Waals surface area contributed by atoms with Crippen LogP contribution in [0.15, 0.2) is 18.2 Å². The molecule has 2 unspecified atom stereocenters. The molecule has 1 saturated heterocycles. The van der Waals surface area contributed by atoms with E-state index in [0.717, 1.165) is 0 Å². The van der Waals surface area contributed by atoms with Crippen molar-refractivity contribution in [2.75, 3.05) is 25.1 Å². The zero-order valence-corrected chi connectivity index (χ0v) is 10.2. The number of aliphatic hydroxyl groups is 1. The lowest BCUT2D eigenvalue weighted by atomic mass is 9.96. The molecule has 0 saturated carbocycles. The quantitative estimate of drug-likeness (QED) is 0.857. The second-order valence-electron chi connectivity index (χ2n) is 4.60. The Labute approximate surface area is 101 Å². The Morgan fingerprint density at radius 1 is 1.47 bits per heavy atom. The van der Waals surface area contributed by atoms with Gasteiger partial charge in [-0.1, -0.05) is 6.92 Å². The van der Waals surface area contributed by atoms with Gasteiger partial charge >= 0.3 is 0 Å². The summed E-state index contributed by atoms with van der Waals surface area (Å²) in [5.74, 6) is 0.573. The number of piperidine rings is 1. The highest BCUT2D eigenvalue weighted by Crippen LogP contribution is 2.28. The minimum atomic E-state index is -0.278. The molecule has 3 nitrogen and oxygen atoms in total. The SMILES string of the molecule is COc1ccc(F)c(N2CCC(O)C(C)C2)c1. The summed E-state index contributed by atoms with van der Waals surface area (Å²) in [4.78, 5) is 1.97. The highest BCUT2D eigenvalue weighted by atomic mass is 19.1. The molecule has 1 N–H and O–H groups in total. The number of nitrogens with zero attached hydrogens (tertiary/aromatic N) is 1. The van der Waals surface area contributed by atoms with Gasteiger partial charge in [-0.3, -0.25) is 0 Å². The molecule has 0 spiro atoms. The van der Waals surface area contributed by atoms with E-state index in [1.807, 2.05) is 11.8 Å². The van der Waals surface area contributed by atoms with Crippen LogP contribution in [0.25, 0.3) is 0 Å². The van der Waals surface area contributed by atoms with Crippen molar-refractivity contribution in [2.24, 2.45) is 5.92 Å². The van der Waals surface area contributed by atoms with Crippen molar-refractivity contribution in [2.45, 2.75) is 19.4 Å². The molecule has 1 aliphatic heterocycles. The molecule has 2 atom stereocenters. The molecule has 17 heavy (non-hydrogen) atoms. The van der Waals surface area contributed by atoms with Gasteiger partial charge in [0.25, 0.3) is 0 Å². The van der Waals surface area contributed by atoms with Gasteiger partial charge in [0.2, 0.25) is 0 Å². The largest absolute Gasteiger partial charge is 0.497 e. The molecule has 0 aromatic heterocycles. The van der Waals surface area contributed by atoms with E-state index in [1.165, 1.54) is 6.07 Å².